The van der Waals surface area contributed by atoms with Crippen molar-refractivity contribution in [1.82, 2.24) is 8.96 Å². The van der Waals surface area contributed by atoms with E-state index in [9.17, 15) is 23.3 Å². The second-order valence-corrected chi connectivity index (χ2v) is 8.58. The predicted molar refractivity (Wildman–Crippen MR) is 117 cm³/mol. The van der Waals surface area contributed by atoms with E-state index in [-0.39, 0.29) is 33.7 Å². The zero-order valence-electron chi connectivity index (χ0n) is 16.8. The molecule has 4 aromatic rings. The molecule has 0 aliphatic carbocycles. The standard InChI is InChI=1S/C22H17N3O6S/c1-2-31-22(26)16-10-11-23-19(13-16)15-8-9-20-18(12-15)21(25(27)28)14-24(20)32(29,30)17-6-4-3-5-7-17/h3-14H,2H2,1H3. The number of nitro groups is 1. The highest BCUT2D eigenvalue weighted by Crippen LogP contribution is 2.34. The third kappa shape index (κ3) is 3.71. The Bertz CT molecular complexity index is 1450. The number of hydrogen-bond donors (Lipinski definition) is 0. The van der Waals surface area contributed by atoms with Crippen molar-refractivity contribution in [1.29, 1.82) is 0 Å². The first-order valence-corrected chi connectivity index (χ1v) is 11.0. The number of ether oxygens (including phenoxy) is 1. The fraction of sp³-hybridized carbons (Fsp3) is 0.0909. The van der Waals surface area contributed by atoms with E-state index >= 15 is 0 Å². The lowest BCUT2D eigenvalue weighted by atomic mass is 10.1. The number of aromatic nitrogens is 2. The van der Waals surface area contributed by atoms with Gasteiger partial charge in [0.1, 0.15) is 0 Å². The van der Waals surface area contributed by atoms with Crippen LogP contribution in [0, 0.1) is 10.1 Å². The maximum absolute atomic E-state index is 13.1. The second kappa shape index (κ2) is 8.23. The van der Waals surface area contributed by atoms with Gasteiger partial charge < -0.3 is 4.74 Å². The molecule has 0 spiro atoms. The highest BCUT2D eigenvalue weighted by molar-refractivity contribution is 7.90. The Hall–Kier alpha value is -4.05. The lowest BCUT2D eigenvalue weighted by Crippen LogP contribution is -2.11. The van der Waals surface area contributed by atoms with Crippen LogP contribution in [0.4, 0.5) is 5.69 Å². The van der Waals surface area contributed by atoms with Crippen molar-refractivity contribution in [3.05, 3.63) is 88.7 Å². The molecule has 2 aromatic heterocycles. The summed E-state index contributed by atoms with van der Waals surface area (Å²) in [5, 5.41) is 11.8. The summed E-state index contributed by atoms with van der Waals surface area (Å²) in [4.78, 5) is 27.3. The van der Waals surface area contributed by atoms with E-state index in [1.165, 1.54) is 42.6 Å². The predicted octanol–water partition coefficient (Wildman–Crippen LogP) is 4.03. The van der Waals surface area contributed by atoms with Gasteiger partial charge in [-0.15, -0.1) is 0 Å². The monoisotopic (exact) mass is 451 g/mol. The van der Waals surface area contributed by atoms with Crippen LogP contribution in [-0.2, 0) is 14.8 Å². The van der Waals surface area contributed by atoms with Crippen LogP contribution in [0.1, 0.15) is 17.3 Å². The third-order valence-electron chi connectivity index (χ3n) is 4.81. The van der Waals surface area contributed by atoms with Crippen molar-refractivity contribution in [2.75, 3.05) is 6.61 Å². The van der Waals surface area contributed by atoms with Crippen LogP contribution < -0.4 is 0 Å². The summed E-state index contributed by atoms with van der Waals surface area (Å²) in [5.41, 5.74) is 0.969. The van der Waals surface area contributed by atoms with Crippen molar-refractivity contribution < 1.29 is 22.9 Å². The maximum Gasteiger partial charge on any atom is 0.338 e. The van der Waals surface area contributed by atoms with Crippen molar-refractivity contribution in [3.8, 4) is 11.3 Å². The molecule has 0 saturated heterocycles. The lowest BCUT2D eigenvalue weighted by Gasteiger charge is -2.08. The molecule has 0 fully saturated rings. The Labute approximate surface area is 183 Å². The van der Waals surface area contributed by atoms with Crippen molar-refractivity contribution in [2.24, 2.45) is 0 Å². The minimum Gasteiger partial charge on any atom is -0.462 e. The lowest BCUT2D eigenvalue weighted by molar-refractivity contribution is -0.383. The molecule has 0 aliphatic rings. The number of fused-ring (bicyclic) bond motifs is 1. The molecule has 0 atom stereocenters. The van der Waals surface area contributed by atoms with Gasteiger partial charge in [0.05, 0.1) is 44.8 Å². The zero-order valence-corrected chi connectivity index (χ0v) is 17.7. The summed E-state index contributed by atoms with van der Waals surface area (Å²) >= 11 is 0. The highest BCUT2D eigenvalue weighted by Gasteiger charge is 2.26. The van der Waals surface area contributed by atoms with Gasteiger partial charge >= 0.3 is 5.97 Å². The molecule has 0 unspecified atom stereocenters. The number of nitrogens with zero attached hydrogens (tertiary/aromatic N) is 3. The number of hydrogen-bond acceptors (Lipinski definition) is 7. The summed E-state index contributed by atoms with van der Waals surface area (Å²) in [5.74, 6) is -0.511. The first kappa shape index (κ1) is 21.2. The van der Waals surface area contributed by atoms with E-state index in [2.05, 4.69) is 4.98 Å². The molecule has 0 amide bonds. The Morgan fingerprint density at radius 1 is 1.12 bits per heavy atom. The SMILES string of the molecule is CCOC(=O)c1ccnc(-c2ccc3c(c2)c([N+](=O)[O-])cn3S(=O)(=O)c2ccccc2)c1. The summed E-state index contributed by atoms with van der Waals surface area (Å²) in [6.45, 7) is 1.92. The molecule has 4 rings (SSSR count). The highest BCUT2D eigenvalue weighted by atomic mass is 32.2. The van der Waals surface area contributed by atoms with Crippen LogP contribution in [0.15, 0.2) is 78.0 Å². The Morgan fingerprint density at radius 2 is 1.88 bits per heavy atom. The van der Waals surface area contributed by atoms with E-state index in [0.717, 1.165) is 10.2 Å². The van der Waals surface area contributed by atoms with Gasteiger partial charge in [-0.3, -0.25) is 15.1 Å². The topological polar surface area (TPSA) is 121 Å². The fourth-order valence-corrected chi connectivity index (χ4v) is 4.71. The van der Waals surface area contributed by atoms with Gasteiger partial charge in [-0.05, 0) is 43.3 Å². The molecule has 32 heavy (non-hydrogen) atoms. The van der Waals surface area contributed by atoms with E-state index in [0.29, 0.717) is 11.3 Å². The summed E-state index contributed by atoms with van der Waals surface area (Å²) in [6.07, 6.45) is 2.43. The Kier molecular flexibility index (Phi) is 5.45. The number of carbonyl (C=O) groups excluding carboxylic acids is 1. The van der Waals surface area contributed by atoms with E-state index < -0.39 is 20.9 Å². The van der Waals surface area contributed by atoms with Crippen LogP contribution in [0.5, 0.6) is 0 Å². The quantitative estimate of drug-likeness (QED) is 0.246. The van der Waals surface area contributed by atoms with Crippen LogP contribution in [0.2, 0.25) is 0 Å². The molecule has 10 heteroatoms. The van der Waals surface area contributed by atoms with E-state index in [1.807, 2.05) is 0 Å². The summed E-state index contributed by atoms with van der Waals surface area (Å²) < 4.78 is 32.1. The number of esters is 1. The van der Waals surface area contributed by atoms with E-state index in [1.54, 1.807) is 31.2 Å². The minimum absolute atomic E-state index is 0.0136. The number of rotatable bonds is 6. The summed E-state index contributed by atoms with van der Waals surface area (Å²) in [7, 11) is -4.04. The second-order valence-electron chi connectivity index (χ2n) is 6.77. The minimum atomic E-state index is -4.04. The molecule has 0 saturated carbocycles. The average molecular weight is 451 g/mol. The number of pyridine rings is 1. The van der Waals surface area contributed by atoms with Gasteiger partial charge in [-0.25, -0.2) is 17.2 Å². The van der Waals surface area contributed by atoms with E-state index in [4.69, 9.17) is 4.74 Å². The van der Waals surface area contributed by atoms with Gasteiger partial charge in [0.2, 0.25) is 0 Å². The molecule has 0 radical (unpaired) electrons. The molecule has 2 aromatic carbocycles. The normalized spacial score (nSPS) is 11.4. The molecular formula is C22H17N3O6S. The maximum atomic E-state index is 13.1. The summed E-state index contributed by atoms with van der Waals surface area (Å²) in [6, 6.07) is 15.3. The van der Waals surface area contributed by atoms with Crippen molar-refractivity contribution in [2.45, 2.75) is 11.8 Å². The number of benzene rings is 2. The number of carbonyl (C=O) groups is 1. The van der Waals surface area contributed by atoms with Gasteiger partial charge in [0, 0.05) is 11.8 Å². The van der Waals surface area contributed by atoms with Crippen LogP contribution in [0.25, 0.3) is 22.2 Å². The molecule has 0 aliphatic heterocycles. The van der Waals surface area contributed by atoms with Crippen LogP contribution in [0.3, 0.4) is 0 Å². The molecule has 162 valence electrons. The van der Waals surface area contributed by atoms with Gasteiger partial charge in [-0.2, -0.15) is 0 Å². The molecule has 2 heterocycles. The first-order valence-electron chi connectivity index (χ1n) is 9.56. The largest absolute Gasteiger partial charge is 0.462 e. The molecule has 0 bridgehead atoms. The Morgan fingerprint density at radius 3 is 2.56 bits per heavy atom. The third-order valence-corrected chi connectivity index (χ3v) is 6.50. The van der Waals surface area contributed by atoms with Crippen LogP contribution in [-0.4, -0.2) is 34.9 Å². The zero-order chi connectivity index (χ0) is 22.9. The smallest absolute Gasteiger partial charge is 0.338 e. The molecule has 9 nitrogen and oxygen atoms in total. The molecule has 0 N–H and O–H groups in total. The van der Waals surface area contributed by atoms with Gasteiger partial charge in [0.25, 0.3) is 15.7 Å². The van der Waals surface area contributed by atoms with Crippen LogP contribution >= 0.6 is 0 Å². The van der Waals surface area contributed by atoms with Gasteiger partial charge in [-0.1, -0.05) is 24.3 Å². The first-order chi connectivity index (χ1) is 15.3. The fourth-order valence-electron chi connectivity index (χ4n) is 3.32. The van der Waals surface area contributed by atoms with Crippen molar-refractivity contribution >= 4 is 32.6 Å². The average Bonchev–Trinajstić information content (AvgIpc) is 3.20. The van der Waals surface area contributed by atoms with Gasteiger partial charge in [0.15, 0.2) is 0 Å². The van der Waals surface area contributed by atoms with Crippen molar-refractivity contribution in [3.63, 3.8) is 0 Å². The Balaban J connectivity index is 1.87. The molecular weight excluding hydrogens is 434 g/mol.